The van der Waals surface area contributed by atoms with Crippen LogP contribution in [-0.2, 0) is 4.79 Å². The van der Waals surface area contributed by atoms with E-state index in [0.29, 0.717) is 5.75 Å². The number of hydrogen-bond donors (Lipinski definition) is 0. The van der Waals surface area contributed by atoms with Gasteiger partial charge in [-0.1, -0.05) is 26.0 Å². The largest absolute Gasteiger partial charge is 0.426 e. The molecule has 16 heavy (non-hydrogen) atoms. The van der Waals surface area contributed by atoms with Crippen LogP contribution in [0, 0.1) is 19.8 Å². The molecule has 0 radical (unpaired) electrons. The summed E-state index contributed by atoms with van der Waals surface area (Å²) in [6, 6.07) is 5.78. The maximum absolute atomic E-state index is 11.8. The summed E-state index contributed by atoms with van der Waals surface area (Å²) >= 11 is 0. The SMILES string of the molecule is CCC(CC)C(=O)Oc1cccc(C)c1C. The van der Waals surface area contributed by atoms with Crippen molar-refractivity contribution in [3.8, 4) is 5.75 Å². The van der Waals surface area contributed by atoms with Crippen molar-refractivity contribution in [2.75, 3.05) is 0 Å². The Kier molecular flexibility index (Phi) is 4.53. The highest BCUT2D eigenvalue weighted by atomic mass is 16.5. The zero-order valence-corrected chi connectivity index (χ0v) is 10.5. The maximum atomic E-state index is 11.8. The predicted octanol–water partition coefficient (Wildman–Crippen LogP) is 3.65. The van der Waals surface area contributed by atoms with Gasteiger partial charge in [0.05, 0.1) is 5.92 Å². The number of carbonyl (C=O) groups is 1. The summed E-state index contributed by atoms with van der Waals surface area (Å²) in [4.78, 5) is 11.8. The third-order valence-electron chi connectivity index (χ3n) is 3.08. The first-order chi connectivity index (χ1) is 7.60. The second-order valence-corrected chi connectivity index (χ2v) is 4.13. The quantitative estimate of drug-likeness (QED) is 0.572. The van der Waals surface area contributed by atoms with Crippen molar-refractivity contribution < 1.29 is 9.53 Å². The van der Waals surface area contributed by atoms with Crippen LogP contribution >= 0.6 is 0 Å². The van der Waals surface area contributed by atoms with Gasteiger partial charge in [0.1, 0.15) is 5.75 Å². The van der Waals surface area contributed by atoms with Gasteiger partial charge in [-0.25, -0.2) is 0 Å². The second-order valence-electron chi connectivity index (χ2n) is 4.13. The summed E-state index contributed by atoms with van der Waals surface area (Å²) in [5, 5.41) is 0. The van der Waals surface area contributed by atoms with Crippen molar-refractivity contribution in [2.45, 2.75) is 40.5 Å². The van der Waals surface area contributed by atoms with Crippen molar-refractivity contribution in [2.24, 2.45) is 5.92 Å². The summed E-state index contributed by atoms with van der Waals surface area (Å²) in [6.07, 6.45) is 1.67. The molecule has 0 spiro atoms. The first kappa shape index (κ1) is 12.8. The zero-order chi connectivity index (χ0) is 12.1. The number of hydrogen-bond acceptors (Lipinski definition) is 2. The third-order valence-corrected chi connectivity index (χ3v) is 3.08. The Hall–Kier alpha value is -1.31. The minimum atomic E-state index is -0.112. The predicted molar refractivity (Wildman–Crippen MR) is 65.6 cm³/mol. The van der Waals surface area contributed by atoms with Gasteiger partial charge in [0.15, 0.2) is 0 Å². The van der Waals surface area contributed by atoms with Crippen LogP contribution in [0.3, 0.4) is 0 Å². The molecule has 0 bridgehead atoms. The third kappa shape index (κ3) is 2.84. The molecule has 0 aliphatic heterocycles. The molecule has 0 N–H and O–H groups in total. The fraction of sp³-hybridized carbons (Fsp3) is 0.500. The highest BCUT2D eigenvalue weighted by Crippen LogP contribution is 2.22. The fourth-order valence-electron chi connectivity index (χ4n) is 1.65. The van der Waals surface area contributed by atoms with Crippen LogP contribution in [0.1, 0.15) is 37.8 Å². The molecule has 0 saturated heterocycles. The summed E-state index contributed by atoms with van der Waals surface area (Å²) in [5.74, 6) is 0.593. The Morgan fingerprint density at radius 1 is 1.25 bits per heavy atom. The Morgan fingerprint density at radius 2 is 1.88 bits per heavy atom. The molecule has 0 saturated carbocycles. The van der Waals surface area contributed by atoms with Crippen molar-refractivity contribution in [3.05, 3.63) is 29.3 Å². The molecule has 1 aromatic rings. The molecule has 0 aliphatic carbocycles. The molecule has 1 rings (SSSR count). The van der Waals surface area contributed by atoms with Crippen LogP contribution in [0.25, 0.3) is 0 Å². The van der Waals surface area contributed by atoms with E-state index in [1.807, 2.05) is 45.9 Å². The van der Waals surface area contributed by atoms with Gasteiger partial charge in [0, 0.05) is 0 Å². The van der Waals surface area contributed by atoms with E-state index < -0.39 is 0 Å². The smallest absolute Gasteiger partial charge is 0.314 e. The Labute approximate surface area is 97.6 Å². The van der Waals surface area contributed by atoms with E-state index in [1.165, 1.54) is 0 Å². The second kappa shape index (κ2) is 5.69. The van der Waals surface area contributed by atoms with Gasteiger partial charge in [-0.2, -0.15) is 0 Å². The molecule has 1 aromatic carbocycles. The van der Waals surface area contributed by atoms with Gasteiger partial charge in [0.25, 0.3) is 0 Å². The molecular weight excluding hydrogens is 200 g/mol. The van der Waals surface area contributed by atoms with E-state index in [1.54, 1.807) is 0 Å². The molecule has 2 nitrogen and oxygen atoms in total. The van der Waals surface area contributed by atoms with E-state index >= 15 is 0 Å². The van der Waals surface area contributed by atoms with Crippen LogP contribution in [0.5, 0.6) is 5.75 Å². The van der Waals surface area contributed by atoms with Crippen LogP contribution in [0.2, 0.25) is 0 Å². The van der Waals surface area contributed by atoms with Gasteiger partial charge < -0.3 is 4.74 Å². The van der Waals surface area contributed by atoms with Crippen molar-refractivity contribution in [1.82, 2.24) is 0 Å². The van der Waals surface area contributed by atoms with E-state index in [0.717, 1.165) is 24.0 Å². The number of aryl methyl sites for hydroxylation is 1. The van der Waals surface area contributed by atoms with Crippen LogP contribution in [0.15, 0.2) is 18.2 Å². The first-order valence-electron chi connectivity index (χ1n) is 5.88. The molecule has 0 atom stereocenters. The van der Waals surface area contributed by atoms with Gasteiger partial charge in [-0.15, -0.1) is 0 Å². The minimum Gasteiger partial charge on any atom is -0.426 e. The minimum absolute atomic E-state index is 0.0138. The molecule has 0 aromatic heterocycles. The lowest BCUT2D eigenvalue weighted by Gasteiger charge is -2.13. The summed E-state index contributed by atoms with van der Waals surface area (Å²) in [6.45, 7) is 8.02. The Bertz CT molecular complexity index is 365. The first-order valence-corrected chi connectivity index (χ1v) is 5.88. The van der Waals surface area contributed by atoms with Gasteiger partial charge in [-0.05, 0) is 43.9 Å². The van der Waals surface area contributed by atoms with Gasteiger partial charge in [-0.3, -0.25) is 4.79 Å². The molecule has 0 fully saturated rings. The Morgan fingerprint density at radius 3 is 2.44 bits per heavy atom. The molecule has 0 amide bonds. The van der Waals surface area contributed by atoms with E-state index in [9.17, 15) is 4.79 Å². The lowest BCUT2D eigenvalue weighted by Crippen LogP contribution is -2.19. The van der Waals surface area contributed by atoms with Crippen LogP contribution < -0.4 is 4.74 Å². The summed E-state index contributed by atoms with van der Waals surface area (Å²) in [7, 11) is 0. The van der Waals surface area contributed by atoms with Crippen molar-refractivity contribution >= 4 is 5.97 Å². The topological polar surface area (TPSA) is 26.3 Å². The standard InChI is InChI=1S/C14H20O2/c1-5-12(6-2)14(15)16-13-9-7-8-10(3)11(13)4/h7-9,12H,5-6H2,1-4H3. The monoisotopic (exact) mass is 220 g/mol. The van der Waals surface area contributed by atoms with E-state index in [2.05, 4.69) is 0 Å². The zero-order valence-electron chi connectivity index (χ0n) is 10.5. The van der Waals surface area contributed by atoms with Crippen molar-refractivity contribution in [3.63, 3.8) is 0 Å². The number of esters is 1. The highest BCUT2D eigenvalue weighted by Gasteiger charge is 2.17. The summed E-state index contributed by atoms with van der Waals surface area (Å²) in [5.41, 5.74) is 2.19. The maximum Gasteiger partial charge on any atom is 0.314 e. The molecule has 0 heterocycles. The number of rotatable bonds is 4. The number of carbonyl (C=O) groups excluding carboxylic acids is 1. The van der Waals surface area contributed by atoms with Crippen LogP contribution in [-0.4, -0.2) is 5.97 Å². The molecule has 88 valence electrons. The molecular formula is C14H20O2. The lowest BCUT2D eigenvalue weighted by molar-refractivity contribution is -0.139. The lowest BCUT2D eigenvalue weighted by atomic mass is 10.0. The van der Waals surface area contributed by atoms with Crippen LogP contribution in [0.4, 0.5) is 0 Å². The normalized spacial score (nSPS) is 10.6. The molecule has 2 heteroatoms. The number of ether oxygens (including phenoxy) is 1. The van der Waals surface area contributed by atoms with Crippen molar-refractivity contribution in [1.29, 1.82) is 0 Å². The Balaban J connectivity index is 2.80. The summed E-state index contributed by atoms with van der Waals surface area (Å²) < 4.78 is 5.43. The molecule has 0 aliphatic rings. The average Bonchev–Trinajstić information content (AvgIpc) is 2.26. The highest BCUT2D eigenvalue weighted by molar-refractivity contribution is 5.75. The van der Waals surface area contributed by atoms with E-state index in [-0.39, 0.29) is 11.9 Å². The van der Waals surface area contributed by atoms with Gasteiger partial charge >= 0.3 is 5.97 Å². The van der Waals surface area contributed by atoms with E-state index in [4.69, 9.17) is 4.74 Å². The fourth-order valence-corrected chi connectivity index (χ4v) is 1.65. The number of benzene rings is 1. The average molecular weight is 220 g/mol. The van der Waals surface area contributed by atoms with Gasteiger partial charge in [0.2, 0.25) is 0 Å². The molecule has 0 unspecified atom stereocenters.